The maximum atomic E-state index is 13.1. The summed E-state index contributed by atoms with van der Waals surface area (Å²) in [7, 11) is 0. The van der Waals surface area contributed by atoms with Gasteiger partial charge < -0.3 is 14.8 Å². The summed E-state index contributed by atoms with van der Waals surface area (Å²) in [5.41, 5.74) is 0.740. The van der Waals surface area contributed by atoms with Crippen LogP contribution in [-0.2, 0) is 26.4 Å². The minimum Gasteiger partial charge on any atom is -0.448 e. The summed E-state index contributed by atoms with van der Waals surface area (Å²) in [5, 5.41) is 7.40. The number of ether oxygens (including phenoxy) is 2. The van der Waals surface area contributed by atoms with Crippen LogP contribution in [0.2, 0.25) is 0 Å². The molecule has 1 aromatic carbocycles. The molecule has 2 amide bonds. The van der Waals surface area contributed by atoms with Crippen LogP contribution in [0, 0.1) is 5.92 Å². The summed E-state index contributed by atoms with van der Waals surface area (Å²) >= 11 is 0. The van der Waals surface area contributed by atoms with E-state index < -0.39 is 23.3 Å². The summed E-state index contributed by atoms with van der Waals surface area (Å²) < 4.78 is 11.8. The number of benzene rings is 1. The van der Waals surface area contributed by atoms with Crippen molar-refractivity contribution in [2.24, 2.45) is 5.92 Å². The molecule has 2 heterocycles. The Hall–Kier alpha value is -3.36. The Labute approximate surface area is 199 Å². The fourth-order valence-electron chi connectivity index (χ4n) is 4.39. The van der Waals surface area contributed by atoms with E-state index in [1.54, 1.807) is 32.6 Å². The van der Waals surface area contributed by atoms with E-state index in [0.29, 0.717) is 11.3 Å². The van der Waals surface area contributed by atoms with E-state index in [4.69, 9.17) is 9.47 Å². The van der Waals surface area contributed by atoms with Crippen LogP contribution in [0.15, 0.2) is 30.3 Å². The number of hydrogen-bond acceptors (Lipinski definition) is 6. The quantitative estimate of drug-likeness (QED) is 0.703. The predicted octanol–water partition coefficient (Wildman–Crippen LogP) is 4.62. The average Bonchev–Trinajstić information content (AvgIpc) is 3.40. The Kier molecular flexibility index (Phi) is 5.91. The van der Waals surface area contributed by atoms with E-state index in [0.717, 1.165) is 16.7 Å². The van der Waals surface area contributed by atoms with Crippen LogP contribution in [0.4, 0.5) is 15.4 Å². The summed E-state index contributed by atoms with van der Waals surface area (Å²) in [6.07, 6.45) is -0.426. The van der Waals surface area contributed by atoms with Crippen LogP contribution in [-0.4, -0.2) is 45.0 Å². The van der Waals surface area contributed by atoms with Gasteiger partial charge in [-0.05, 0) is 59.4 Å². The molecule has 1 fully saturated rings. The second kappa shape index (κ2) is 8.45. The fourth-order valence-corrected chi connectivity index (χ4v) is 4.39. The van der Waals surface area contributed by atoms with Crippen LogP contribution < -0.4 is 5.32 Å². The number of nitrogens with one attached hydrogen (secondary N) is 1. The molecule has 9 heteroatoms. The van der Waals surface area contributed by atoms with Gasteiger partial charge >= 0.3 is 12.2 Å². The number of anilines is 1. The molecule has 0 spiro atoms. The van der Waals surface area contributed by atoms with Gasteiger partial charge in [0.2, 0.25) is 5.91 Å². The SMILES string of the molecule is CCOC(=O)n1nc2c(c1NC(=O)C1CC1c1ccccc1)CN(C(=O)OC(C)(C)C)C2(C)C. The minimum absolute atomic E-state index is 0.142. The zero-order valence-electron chi connectivity index (χ0n) is 20.5. The van der Waals surface area contributed by atoms with Crippen molar-refractivity contribution in [3.05, 3.63) is 47.2 Å². The van der Waals surface area contributed by atoms with Crippen molar-refractivity contribution in [3.8, 4) is 0 Å². The van der Waals surface area contributed by atoms with E-state index >= 15 is 0 Å². The average molecular weight is 469 g/mol. The summed E-state index contributed by atoms with van der Waals surface area (Å²) in [6.45, 7) is 11.1. The number of carbonyl (C=O) groups excluding carboxylic acids is 3. The predicted molar refractivity (Wildman–Crippen MR) is 125 cm³/mol. The summed E-state index contributed by atoms with van der Waals surface area (Å²) in [4.78, 5) is 40.3. The number of rotatable bonds is 4. The number of fused-ring (bicyclic) bond motifs is 1. The molecule has 0 radical (unpaired) electrons. The number of amides is 2. The van der Waals surface area contributed by atoms with Crippen LogP contribution in [0.25, 0.3) is 0 Å². The van der Waals surface area contributed by atoms with Gasteiger partial charge in [-0.15, -0.1) is 4.68 Å². The highest BCUT2D eigenvalue weighted by molar-refractivity contribution is 5.97. The van der Waals surface area contributed by atoms with Gasteiger partial charge in [0.05, 0.1) is 24.4 Å². The zero-order chi connectivity index (χ0) is 24.8. The fraction of sp³-hybridized carbons (Fsp3) is 0.520. The molecule has 1 aliphatic carbocycles. The first kappa shape index (κ1) is 23.8. The number of aromatic nitrogens is 2. The highest BCUT2D eigenvalue weighted by Crippen LogP contribution is 2.48. The van der Waals surface area contributed by atoms with Crippen molar-refractivity contribution >= 4 is 23.9 Å². The van der Waals surface area contributed by atoms with Crippen LogP contribution >= 0.6 is 0 Å². The van der Waals surface area contributed by atoms with Gasteiger partial charge in [0.25, 0.3) is 0 Å². The molecule has 0 saturated heterocycles. The van der Waals surface area contributed by atoms with Gasteiger partial charge in [-0.1, -0.05) is 30.3 Å². The topological polar surface area (TPSA) is 103 Å². The number of nitrogens with zero attached hydrogens (tertiary/aromatic N) is 3. The molecular weight excluding hydrogens is 436 g/mol. The van der Waals surface area contributed by atoms with Crippen molar-refractivity contribution in [1.29, 1.82) is 0 Å². The molecule has 4 rings (SSSR count). The monoisotopic (exact) mass is 468 g/mol. The largest absolute Gasteiger partial charge is 0.448 e. The van der Waals surface area contributed by atoms with E-state index in [9.17, 15) is 14.4 Å². The lowest BCUT2D eigenvalue weighted by molar-refractivity contribution is -0.117. The van der Waals surface area contributed by atoms with E-state index in [1.807, 2.05) is 44.2 Å². The maximum Gasteiger partial charge on any atom is 0.436 e. The molecular formula is C25H32N4O5. The lowest BCUT2D eigenvalue weighted by Crippen LogP contribution is -2.44. The van der Waals surface area contributed by atoms with Crippen molar-refractivity contribution < 1.29 is 23.9 Å². The van der Waals surface area contributed by atoms with E-state index in [1.165, 1.54) is 0 Å². The third-order valence-electron chi connectivity index (χ3n) is 6.21. The van der Waals surface area contributed by atoms with Crippen molar-refractivity contribution in [2.75, 3.05) is 11.9 Å². The van der Waals surface area contributed by atoms with Crippen molar-refractivity contribution in [1.82, 2.24) is 14.7 Å². The highest BCUT2D eigenvalue weighted by Gasteiger charge is 2.49. The third kappa shape index (κ3) is 4.38. The highest BCUT2D eigenvalue weighted by atomic mass is 16.6. The van der Waals surface area contributed by atoms with E-state index in [2.05, 4.69) is 10.4 Å². The second-order valence-corrected chi connectivity index (χ2v) is 10.3. The van der Waals surface area contributed by atoms with Crippen molar-refractivity contribution in [2.45, 2.75) is 71.6 Å². The molecule has 9 nitrogen and oxygen atoms in total. The smallest absolute Gasteiger partial charge is 0.436 e. The molecule has 1 saturated carbocycles. The van der Waals surface area contributed by atoms with Gasteiger partial charge in [0.15, 0.2) is 0 Å². The maximum absolute atomic E-state index is 13.1. The van der Waals surface area contributed by atoms with Gasteiger partial charge in [0, 0.05) is 11.5 Å². The van der Waals surface area contributed by atoms with Gasteiger partial charge in [-0.2, -0.15) is 5.10 Å². The molecule has 1 N–H and O–H groups in total. The Balaban J connectivity index is 1.62. The summed E-state index contributed by atoms with van der Waals surface area (Å²) in [6, 6.07) is 9.89. The third-order valence-corrected chi connectivity index (χ3v) is 6.21. The molecule has 2 atom stereocenters. The second-order valence-electron chi connectivity index (χ2n) is 10.3. The Bertz CT molecular complexity index is 1120. The minimum atomic E-state index is -0.846. The Morgan fingerprint density at radius 2 is 1.82 bits per heavy atom. The molecule has 0 bridgehead atoms. The molecule has 2 aromatic rings. The normalized spacial score (nSPS) is 20.5. The molecule has 182 valence electrons. The first-order valence-electron chi connectivity index (χ1n) is 11.6. The van der Waals surface area contributed by atoms with Crippen LogP contribution in [0.1, 0.15) is 70.7 Å². The first-order chi connectivity index (χ1) is 15.9. The lowest BCUT2D eigenvalue weighted by Gasteiger charge is -2.33. The van der Waals surface area contributed by atoms with Crippen LogP contribution in [0.5, 0.6) is 0 Å². The Morgan fingerprint density at radius 3 is 2.44 bits per heavy atom. The van der Waals surface area contributed by atoms with Gasteiger partial charge in [-0.3, -0.25) is 9.69 Å². The standard InChI is InChI=1S/C25H32N4O5/c1-7-33-23(32)29-20(26-21(30)17-13-16(17)15-11-9-8-10-12-15)18-14-28(22(31)34-24(2,3)4)25(5,6)19(18)27-29/h8-12,16-17H,7,13-14H2,1-6H3,(H,26,30). The van der Waals surface area contributed by atoms with Crippen LogP contribution in [0.3, 0.4) is 0 Å². The summed E-state index contributed by atoms with van der Waals surface area (Å²) in [5.74, 6) is 0.00908. The van der Waals surface area contributed by atoms with Gasteiger partial charge in [-0.25, -0.2) is 9.59 Å². The van der Waals surface area contributed by atoms with Gasteiger partial charge in [0.1, 0.15) is 11.4 Å². The lowest BCUT2D eigenvalue weighted by atomic mass is 10.0. The van der Waals surface area contributed by atoms with E-state index in [-0.39, 0.29) is 36.7 Å². The van der Waals surface area contributed by atoms with Crippen molar-refractivity contribution in [3.63, 3.8) is 0 Å². The first-order valence-corrected chi connectivity index (χ1v) is 11.6. The Morgan fingerprint density at radius 1 is 1.15 bits per heavy atom. The molecule has 1 aromatic heterocycles. The number of carbonyl (C=O) groups is 3. The molecule has 2 unspecified atom stereocenters. The molecule has 2 aliphatic rings. The zero-order valence-corrected chi connectivity index (χ0v) is 20.5. The number of hydrogen-bond donors (Lipinski definition) is 1. The molecule has 34 heavy (non-hydrogen) atoms. The molecule has 1 aliphatic heterocycles.